The molecule has 4 atom stereocenters. The zero-order valence-corrected chi connectivity index (χ0v) is 18.7. The Morgan fingerprint density at radius 3 is 2.59 bits per heavy atom. The van der Waals surface area contributed by atoms with Gasteiger partial charge in [-0.3, -0.25) is 14.4 Å². The third kappa shape index (κ3) is 6.66. The summed E-state index contributed by atoms with van der Waals surface area (Å²) in [6.07, 6.45) is 7.11. The van der Waals surface area contributed by atoms with Gasteiger partial charge in [-0.2, -0.15) is 0 Å². The molecule has 7 heteroatoms. The van der Waals surface area contributed by atoms with E-state index in [1.165, 1.54) is 0 Å². The zero-order chi connectivity index (χ0) is 22.9. The highest BCUT2D eigenvalue weighted by Crippen LogP contribution is 2.22. The Labute approximate surface area is 189 Å². The summed E-state index contributed by atoms with van der Waals surface area (Å²) in [6.45, 7) is 2.47. The SMILES string of the molecule is C[C@H]1COC(=O)[C@@H](Cc2ccccc2)CC=CC[C@H](CC(=O)N2CCC[C@H]2CO)C(=O)N1. The lowest BCUT2D eigenvalue weighted by Crippen LogP contribution is -2.43. The standard InChI is InChI=1S/C25H34N2O5/c1-18-17-32-25(31)21(14-19-8-3-2-4-9-19)11-6-5-10-20(24(30)26-18)15-23(29)27-13-7-12-22(27)16-28/h2-6,8-9,18,20-22,28H,7,10-17H2,1H3,(H,26,30)/t18-,20+,21+,22-/m0/s1. The molecule has 2 N–H and O–H groups in total. The number of aliphatic hydroxyl groups is 1. The Bertz CT molecular complexity index is 810. The lowest BCUT2D eigenvalue weighted by atomic mass is 9.94. The summed E-state index contributed by atoms with van der Waals surface area (Å²) in [6, 6.07) is 9.34. The number of carbonyl (C=O) groups excluding carboxylic acids is 3. The number of cyclic esters (lactones) is 1. The summed E-state index contributed by atoms with van der Waals surface area (Å²) in [5.74, 6) is -1.37. The van der Waals surface area contributed by atoms with Gasteiger partial charge < -0.3 is 20.1 Å². The molecule has 0 spiro atoms. The van der Waals surface area contributed by atoms with E-state index in [2.05, 4.69) is 5.32 Å². The monoisotopic (exact) mass is 442 g/mol. The minimum absolute atomic E-state index is 0.0479. The molecule has 0 bridgehead atoms. The fourth-order valence-corrected chi connectivity index (χ4v) is 4.37. The van der Waals surface area contributed by atoms with Crippen molar-refractivity contribution in [2.75, 3.05) is 19.8 Å². The van der Waals surface area contributed by atoms with E-state index in [0.29, 0.717) is 25.8 Å². The maximum absolute atomic E-state index is 12.8. The van der Waals surface area contributed by atoms with Crippen LogP contribution >= 0.6 is 0 Å². The molecule has 0 aromatic heterocycles. The van der Waals surface area contributed by atoms with Gasteiger partial charge in [0.05, 0.1) is 30.5 Å². The first kappa shape index (κ1) is 24.0. The molecule has 1 aromatic rings. The van der Waals surface area contributed by atoms with Gasteiger partial charge in [-0.25, -0.2) is 0 Å². The predicted octanol–water partition coefficient (Wildman–Crippen LogP) is 2.23. The van der Waals surface area contributed by atoms with Gasteiger partial charge in [-0.15, -0.1) is 0 Å². The Hall–Kier alpha value is -2.67. The van der Waals surface area contributed by atoms with Crippen molar-refractivity contribution in [2.45, 2.75) is 57.5 Å². The van der Waals surface area contributed by atoms with E-state index in [1.54, 1.807) is 11.8 Å². The van der Waals surface area contributed by atoms with Crippen molar-refractivity contribution in [1.29, 1.82) is 0 Å². The van der Waals surface area contributed by atoms with Gasteiger partial charge in [0, 0.05) is 13.0 Å². The van der Waals surface area contributed by atoms with Crippen molar-refractivity contribution in [2.24, 2.45) is 11.8 Å². The molecule has 0 unspecified atom stereocenters. The lowest BCUT2D eigenvalue weighted by molar-refractivity contribution is -0.149. The van der Waals surface area contributed by atoms with E-state index in [9.17, 15) is 19.5 Å². The number of aliphatic hydroxyl groups excluding tert-OH is 1. The molecule has 0 saturated carbocycles. The van der Waals surface area contributed by atoms with Gasteiger partial charge in [-0.1, -0.05) is 42.5 Å². The molecular weight excluding hydrogens is 408 g/mol. The fourth-order valence-electron chi connectivity index (χ4n) is 4.37. The number of rotatable bonds is 5. The number of hydrogen-bond acceptors (Lipinski definition) is 5. The van der Waals surface area contributed by atoms with E-state index in [4.69, 9.17) is 4.74 Å². The van der Waals surface area contributed by atoms with Crippen molar-refractivity contribution in [3.05, 3.63) is 48.0 Å². The Kier molecular flexibility index (Phi) is 8.85. The number of amides is 2. The van der Waals surface area contributed by atoms with Crippen LogP contribution in [0.5, 0.6) is 0 Å². The van der Waals surface area contributed by atoms with Crippen LogP contribution < -0.4 is 5.32 Å². The summed E-state index contributed by atoms with van der Waals surface area (Å²) in [5, 5.41) is 12.4. The van der Waals surface area contributed by atoms with E-state index < -0.39 is 5.92 Å². The quantitative estimate of drug-likeness (QED) is 0.539. The molecule has 2 heterocycles. The molecule has 1 aromatic carbocycles. The Morgan fingerprint density at radius 1 is 1.16 bits per heavy atom. The van der Waals surface area contributed by atoms with Crippen molar-refractivity contribution < 1.29 is 24.2 Å². The molecule has 7 nitrogen and oxygen atoms in total. The molecule has 3 rings (SSSR count). The van der Waals surface area contributed by atoms with Crippen LogP contribution in [0.3, 0.4) is 0 Å². The van der Waals surface area contributed by atoms with Crippen LogP contribution in [0.15, 0.2) is 42.5 Å². The highest BCUT2D eigenvalue weighted by Gasteiger charge is 2.31. The molecule has 2 aliphatic rings. The van der Waals surface area contributed by atoms with Gasteiger partial charge in [0.15, 0.2) is 0 Å². The van der Waals surface area contributed by atoms with Crippen molar-refractivity contribution in [3.8, 4) is 0 Å². The van der Waals surface area contributed by atoms with Crippen molar-refractivity contribution >= 4 is 17.8 Å². The number of allylic oxidation sites excluding steroid dienone is 2. The zero-order valence-electron chi connectivity index (χ0n) is 18.7. The third-order valence-electron chi connectivity index (χ3n) is 6.23. The summed E-state index contributed by atoms with van der Waals surface area (Å²) < 4.78 is 5.50. The summed E-state index contributed by atoms with van der Waals surface area (Å²) in [4.78, 5) is 40.0. The number of nitrogens with one attached hydrogen (secondary N) is 1. The van der Waals surface area contributed by atoms with Crippen LogP contribution in [0.2, 0.25) is 0 Å². The maximum atomic E-state index is 12.8. The lowest BCUT2D eigenvalue weighted by Gasteiger charge is -2.26. The highest BCUT2D eigenvalue weighted by molar-refractivity contribution is 5.86. The fraction of sp³-hybridized carbons (Fsp3) is 0.560. The second-order valence-electron chi connectivity index (χ2n) is 8.84. The van der Waals surface area contributed by atoms with Crippen LogP contribution in [0.25, 0.3) is 0 Å². The van der Waals surface area contributed by atoms with Crippen LogP contribution in [-0.4, -0.2) is 59.6 Å². The summed E-state index contributed by atoms with van der Waals surface area (Å²) in [5.41, 5.74) is 1.07. The van der Waals surface area contributed by atoms with Crippen LogP contribution in [0, 0.1) is 11.8 Å². The van der Waals surface area contributed by atoms with Crippen LogP contribution in [0.4, 0.5) is 0 Å². The van der Waals surface area contributed by atoms with Crippen molar-refractivity contribution in [1.82, 2.24) is 10.2 Å². The van der Waals surface area contributed by atoms with E-state index in [1.807, 2.05) is 42.5 Å². The van der Waals surface area contributed by atoms with Crippen molar-refractivity contribution in [3.63, 3.8) is 0 Å². The average molecular weight is 443 g/mol. The number of esters is 1. The molecule has 0 aliphatic carbocycles. The van der Waals surface area contributed by atoms with Gasteiger partial charge in [0.25, 0.3) is 0 Å². The number of ether oxygens (including phenoxy) is 1. The third-order valence-corrected chi connectivity index (χ3v) is 6.23. The molecule has 32 heavy (non-hydrogen) atoms. The minimum Gasteiger partial charge on any atom is -0.463 e. The smallest absolute Gasteiger partial charge is 0.309 e. The number of benzene rings is 1. The molecule has 1 fully saturated rings. The maximum Gasteiger partial charge on any atom is 0.309 e. The second-order valence-corrected chi connectivity index (χ2v) is 8.84. The first-order chi connectivity index (χ1) is 15.5. The number of likely N-dealkylation sites (tertiary alicyclic amines) is 1. The van der Waals surface area contributed by atoms with Gasteiger partial charge in [-0.05, 0) is 44.6 Å². The Morgan fingerprint density at radius 2 is 1.88 bits per heavy atom. The molecule has 0 radical (unpaired) electrons. The first-order valence-corrected chi connectivity index (χ1v) is 11.5. The Balaban J connectivity index is 1.68. The molecule has 1 saturated heterocycles. The second kappa shape index (κ2) is 11.8. The number of hydrogen-bond donors (Lipinski definition) is 2. The molecular formula is C25H34N2O5. The van der Waals surface area contributed by atoms with Gasteiger partial charge in [0.1, 0.15) is 6.61 Å². The molecule has 2 amide bonds. The van der Waals surface area contributed by atoms with Gasteiger partial charge in [0.2, 0.25) is 11.8 Å². The van der Waals surface area contributed by atoms with E-state index >= 15 is 0 Å². The van der Waals surface area contributed by atoms with Crippen LogP contribution in [-0.2, 0) is 25.5 Å². The topological polar surface area (TPSA) is 95.9 Å². The predicted molar refractivity (Wildman–Crippen MR) is 121 cm³/mol. The normalized spacial score (nSPS) is 27.2. The number of carbonyl (C=O) groups is 3. The van der Waals surface area contributed by atoms with E-state index in [-0.39, 0.29) is 55.4 Å². The number of nitrogens with zero attached hydrogens (tertiary/aromatic N) is 1. The summed E-state index contributed by atoms with van der Waals surface area (Å²) in [7, 11) is 0. The summed E-state index contributed by atoms with van der Waals surface area (Å²) >= 11 is 0. The first-order valence-electron chi connectivity index (χ1n) is 11.5. The van der Waals surface area contributed by atoms with Crippen LogP contribution in [0.1, 0.15) is 44.6 Å². The van der Waals surface area contributed by atoms with Gasteiger partial charge >= 0.3 is 5.97 Å². The molecule has 174 valence electrons. The van der Waals surface area contributed by atoms with E-state index in [0.717, 1.165) is 18.4 Å². The average Bonchev–Trinajstić information content (AvgIpc) is 3.27. The minimum atomic E-state index is -0.496. The largest absolute Gasteiger partial charge is 0.463 e. The molecule has 2 aliphatic heterocycles. The highest BCUT2D eigenvalue weighted by atomic mass is 16.5.